The Bertz CT molecular complexity index is 756. The summed E-state index contributed by atoms with van der Waals surface area (Å²) in [5, 5.41) is 2.83. The molecule has 0 aliphatic carbocycles. The van der Waals surface area contributed by atoms with Crippen molar-refractivity contribution in [3.05, 3.63) is 58.1 Å². The van der Waals surface area contributed by atoms with Crippen LogP contribution in [0.4, 0.5) is 5.69 Å². The minimum atomic E-state index is -0.200. The summed E-state index contributed by atoms with van der Waals surface area (Å²) < 4.78 is 11.6. The van der Waals surface area contributed by atoms with Crippen molar-refractivity contribution in [1.82, 2.24) is 0 Å². The summed E-state index contributed by atoms with van der Waals surface area (Å²) >= 11 is 3.46. The summed E-state index contributed by atoms with van der Waals surface area (Å²) in [6.45, 7) is 2.18. The van der Waals surface area contributed by atoms with Crippen LogP contribution in [0.2, 0.25) is 0 Å². The lowest BCUT2D eigenvalue weighted by atomic mass is 10.1. The lowest BCUT2D eigenvalue weighted by Crippen LogP contribution is -2.07. The Kier molecular flexibility index (Phi) is 4.15. The molecule has 4 nitrogen and oxygen atoms in total. The van der Waals surface area contributed by atoms with Crippen molar-refractivity contribution in [3.8, 4) is 11.5 Å². The average molecular weight is 360 g/mol. The van der Waals surface area contributed by atoms with Crippen LogP contribution in [0.15, 0.2) is 46.9 Å². The molecule has 3 rings (SSSR count). The number of aryl methyl sites for hydroxylation is 1. The molecule has 1 amide bonds. The molecule has 0 spiro atoms. The van der Waals surface area contributed by atoms with Gasteiger partial charge < -0.3 is 14.8 Å². The predicted molar refractivity (Wildman–Crippen MR) is 89.1 cm³/mol. The first-order valence-electron chi connectivity index (χ1n) is 6.77. The van der Waals surface area contributed by atoms with Crippen LogP contribution in [0.5, 0.6) is 11.5 Å². The number of fused-ring (bicyclic) bond motifs is 1. The highest BCUT2D eigenvalue weighted by Crippen LogP contribution is 2.40. The molecule has 0 unspecified atom stereocenters. The van der Waals surface area contributed by atoms with Crippen molar-refractivity contribution in [2.75, 3.05) is 12.1 Å². The van der Waals surface area contributed by atoms with Gasteiger partial charge in [-0.3, -0.25) is 4.79 Å². The quantitative estimate of drug-likeness (QED) is 0.837. The number of nitrogens with one attached hydrogen (secondary N) is 1. The second-order valence-electron chi connectivity index (χ2n) is 4.89. The summed E-state index contributed by atoms with van der Waals surface area (Å²) in [5.41, 5.74) is 2.65. The Morgan fingerprint density at radius 1 is 1.27 bits per heavy atom. The molecule has 2 aromatic rings. The Hall–Kier alpha value is -2.27. The van der Waals surface area contributed by atoms with Crippen molar-refractivity contribution >= 4 is 33.6 Å². The molecule has 0 bridgehead atoms. The Balaban J connectivity index is 1.77. The van der Waals surface area contributed by atoms with Gasteiger partial charge in [0.1, 0.15) is 0 Å². The highest BCUT2D eigenvalue weighted by Gasteiger charge is 2.18. The van der Waals surface area contributed by atoms with Gasteiger partial charge in [0.15, 0.2) is 11.5 Å². The van der Waals surface area contributed by atoms with Crippen LogP contribution in [-0.4, -0.2) is 12.7 Å². The third-order valence-corrected chi connectivity index (χ3v) is 3.90. The van der Waals surface area contributed by atoms with E-state index < -0.39 is 0 Å². The zero-order valence-electron chi connectivity index (χ0n) is 11.9. The largest absolute Gasteiger partial charge is 0.454 e. The Morgan fingerprint density at radius 3 is 2.95 bits per heavy atom. The first-order valence-corrected chi connectivity index (χ1v) is 7.56. The molecule has 5 heteroatoms. The van der Waals surface area contributed by atoms with Crippen LogP contribution in [0.1, 0.15) is 11.1 Å². The van der Waals surface area contributed by atoms with E-state index in [1.807, 2.05) is 43.3 Å². The first kappa shape index (κ1) is 14.7. The van der Waals surface area contributed by atoms with Gasteiger partial charge in [0.2, 0.25) is 12.7 Å². The van der Waals surface area contributed by atoms with E-state index in [1.165, 1.54) is 6.08 Å². The lowest BCUT2D eigenvalue weighted by Gasteiger charge is -2.05. The molecule has 1 heterocycles. The summed E-state index contributed by atoms with van der Waals surface area (Å²) in [5.74, 6) is 1.13. The lowest BCUT2D eigenvalue weighted by molar-refractivity contribution is -0.111. The number of amides is 1. The van der Waals surface area contributed by atoms with Gasteiger partial charge >= 0.3 is 0 Å². The average Bonchev–Trinajstić information content (AvgIpc) is 2.95. The molecule has 112 valence electrons. The molecule has 2 aromatic carbocycles. The third-order valence-electron chi connectivity index (χ3n) is 3.21. The Morgan fingerprint density at radius 2 is 2.14 bits per heavy atom. The first-order chi connectivity index (χ1) is 10.6. The number of rotatable bonds is 3. The number of hydrogen-bond acceptors (Lipinski definition) is 3. The second-order valence-corrected chi connectivity index (χ2v) is 5.74. The maximum absolute atomic E-state index is 12.0. The number of halogens is 1. The van der Waals surface area contributed by atoms with Gasteiger partial charge in [-0.25, -0.2) is 0 Å². The molecule has 0 atom stereocenters. The van der Waals surface area contributed by atoms with Crippen molar-refractivity contribution in [2.24, 2.45) is 0 Å². The van der Waals surface area contributed by atoms with Crippen molar-refractivity contribution in [2.45, 2.75) is 6.92 Å². The van der Waals surface area contributed by atoms with Crippen molar-refractivity contribution in [1.29, 1.82) is 0 Å². The summed E-state index contributed by atoms with van der Waals surface area (Å²) in [6.07, 6.45) is 3.19. The van der Waals surface area contributed by atoms with Gasteiger partial charge in [0.05, 0.1) is 0 Å². The smallest absolute Gasteiger partial charge is 0.248 e. The van der Waals surface area contributed by atoms with Crippen LogP contribution in [-0.2, 0) is 4.79 Å². The molecule has 0 fully saturated rings. The second kappa shape index (κ2) is 6.23. The van der Waals surface area contributed by atoms with Gasteiger partial charge in [0, 0.05) is 21.8 Å². The molecule has 1 aliphatic heterocycles. The normalized spacial score (nSPS) is 12.6. The molecular formula is C17H14BrNO3. The summed E-state index contributed by atoms with van der Waals surface area (Å²) in [4.78, 5) is 12.0. The van der Waals surface area contributed by atoms with Gasteiger partial charge in [-0.05, 0) is 42.8 Å². The topological polar surface area (TPSA) is 47.6 Å². The van der Waals surface area contributed by atoms with Gasteiger partial charge in [-0.15, -0.1) is 0 Å². The SMILES string of the molecule is Cc1cccc(NC(=O)/C=C/c2c(Br)ccc3c2OCO3)c1. The predicted octanol–water partition coefficient (Wildman–Crippen LogP) is 4.14. The number of carbonyl (C=O) groups is 1. The molecule has 22 heavy (non-hydrogen) atoms. The molecule has 0 aromatic heterocycles. The molecule has 0 radical (unpaired) electrons. The van der Waals surface area contributed by atoms with E-state index >= 15 is 0 Å². The van der Waals surface area contributed by atoms with Crippen LogP contribution >= 0.6 is 15.9 Å². The van der Waals surface area contributed by atoms with E-state index in [0.717, 1.165) is 21.3 Å². The molecule has 0 saturated carbocycles. The van der Waals surface area contributed by atoms with Gasteiger partial charge in [0.25, 0.3) is 0 Å². The monoisotopic (exact) mass is 359 g/mol. The Labute approximate surface area is 136 Å². The fraction of sp³-hybridized carbons (Fsp3) is 0.118. The molecule has 0 saturated heterocycles. The van der Waals surface area contributed by atoms with Gasteiger partial charge in [-0.1, -0.05) is 28.1 Å². The van der Waals surface area contributed by atoms with Crippen LogP contribution < -0.4 is 14.8 Å². The number of ether oxygens (including phenoxy) is 2. The molecular weight excluding hydrogens is 346 g/mol. The zero-order chi connectivity index (χ0) is 15.5. The van der Waals surface area contributed by atoms with Crippen LogP contribution in [0, 0.1) is 6.92 Å². The number of anilines is 1. The summed E-state index contributed by atoms with van der Waals surface area (Å²) in [6, 6.07) is 11.3. The zero-order valence-corrected chi connectivity index (χ0v) is 13.5. The van der Waals surface area contributed by atoms with Crippen LogP contribution in [0.3, 0.4) is 0 Å². The van der Waals surface area contributed by atoms with E-state index in [2.05, 4.69) is 21.2 Å². The molecule has 1 aliphatic rings. The molecule has 1 N–H and O–H groups in total. The number of carbonyl (C=O) groups excluding carboxylic acids is 1. The minimum absolute atomic E-state index is 0.197. The third kappa shape index (κ3) is 3.14. The maximum Gasteiger partial charge on any atom is 0.248 e. The van der Waals surface area contributed by atoms with Crippen molar-refractivity contribution in [3.63, 3.8) is 0 Å². The number of benzene rings is 2. The fourth-order valence-corrected chi connectivity index (χ4v) is 2.64. The van der Waals surface area contributed by atoms with E-state index in [4.69, 9.17) is 9.47 Å². The van der Waals surface area contributed by atoms with E-state index in [1.54, 1.807) is 6.08 Å². The number of hydrogen-bond donors (Lipinski definition) is 1. The highest BCUT2D eigenvalue weighted by atomic mass is 79.9. The van der Waals surface area contributed by atoms with E-state index in [0.29, 0.717) is 11.5 Å². The maximum atomic E-state index is 12.0. The highest BCUT2D eigenvalue weighted by molar-refractivity contribution is 9.10. The fourth-order valence-electron chi connectivity index (χ4n) is 2.19. The van der Waals surface area contributed by atoms with E-state index in [-0.39, 0.29) is 12.7 Å². The van der Waals surface area contributed by atoms with E-state index in [9.17, 15) is 4.79 Å². The minimum Gasteiger partial charge on any atom is -0.454 e. The van der Waals surface area contributed by atoms with Crippen LogP contribution in [0.25, 0.3) is 6.08 Å². The van der Waals surface area contributed by atoms with Gasteiger partial charge in [-0.2, -0.15) is 0 Å². The standard InChI is InChI=1S/C17H14BrNO3/c1-11-3-2-4-12(9-11)19-16(20)8-5-13-14(18)6-7-15-17(13)22-10-21-15/h2-9H,10H2,1H3,(H,19,20)/b8-5+. The summed E-state index contributed by atoms with van der Waals surface area (Å²) in [7, 11) is 0. The van der Waals surface area contributed by atoms with Crippen molar-refractivity contribution < 1.29 is 14.3 Å².